The molecule has 94 valence electrons. The summed E-state index contributed by atoms with van der Waals surface area (Å²) in [6.07, 6.45) is -0.580. The molecule has 1 aliphatic rings. The van der Waals surface area contributed by atoms with Crippen LogP contribution in [0.2, 0.25) is 0 Å². The Morgan fingerprint density at radius 3 is 1.94 bits per heavy atom. The molecule has 0 saturated heterocycles. The molecule has 1 aliphatic carbocycles. The molecule has 0 unspecified atom stereocenters. The number of alkyl halides is 2. The van der Waals surface area contributed by atoms with Gasteiger partial charge in [-0.05, 0) is 11.8 Å². The minimum Gasteiger partial charge on any atom is -0.353 e. The first kappa shape index (κ1) is 13.4. The Labute approximate surface area is 95.8 Å². The molecule has 0 radical (unpaired) electrons. The molecule has 0 aromatic carbocycles. The maximum atomic E-state index is 12.6. The second-order valence-electron chi connectivity index (χ2n) is 5.48. The Hall–Kier alpha value is -0.670. The van der Waals surface area contributed by atoms with Crippen molar-refractivity contribution in [2.75, 3.05) is 0 Å². The zero-order valence-electron chi connectivity index (χ0n) is 10.4. The fourth-order valence-electron chi connectivity index (χ4n) is 2.23. The Morgan fingerprint density at radius 1 is 1.19 bits per heavy atom. The van der Waals surface area contributed by atoms with Crippen LogP contribution < -0.4 is 5.32 Å². The monoisotopic (exact) mass is 233 g/mol. The summed E-state index contributed by atoms with van der Waals surface area (Å²) in [6.45, 7) is 8.11. The summed E-state index contributed by atoms with van der Waals surface area (Å²) < 4.78 is 25.2. The summed E-state index contributed by atoms with van der Waals surface area (Å²) >= 11 is 0. The number of amides is 1. The van der Waals surface area contributed by atoms with Gasteiger partial charge in [-0.2, -0.15) is 0 Å². The van der Waals surface area contributed by atoms with Gasteiger partial charge < -0.3 is 5.32 Å². The topological polar surface area (TPSA) is 29.1 Å². The molecular weight excluding hydrogens is 212 g/mol. The van der Waals surface area contributed by atoms with Crippen LogP contribution in [-0.4, -0.2) is 17.9 Å². The van der Waals surface area contributed by atoms with Gasteiger partial charge in [0, 0.05) is 24.8 Å². The molecule has 16 heavy (non-hydrogen) atoms. The van der Waals surface area contributed by atoms with Crippen LogP contribution in [0.3, 0.4) is 0 Å². The van der Waals surface area contributed by atoms with Gasteiger partial charge in [0.05, 0.1) is 0 Å². The molecular formula is C12H21F2NO. The molecule has 1 saturated carbocycles. The number of hydrogen-bond acceptors (Lipinski definition) is 1. The van der Waals surface area contributed by atoms with Crippen LogP contribution in [0.15, 0.2) is 0 Å². The van der Waals surface area contributed by atoms with Gasteiger partial charge in [-0.1, -0.05) is 27.7 Å². The standard InChI is InChI=1S/C12H21F2NO/c1-7(2)10(8(3)4)15-11(16)9-5-12(13,14)6-9/h7-10H,5-6H2,1-4H3,(H,15,16). The van der Waals surface area contributed by atoms with Crippen molar-refractivity contribution in [2.24, 2.45) is 17.8 Å². The molecule has 1 rings (SSSR count). The summed E-state index contributed by atoms with van der Waals surface area (Å²) in [5.41, 5.74) is 0. The van der Waals surface area contributed by atoms with Crippen LogP contribution in [-0.2, 0) is 4.79 Å². The van der Waals surface area contributed by atoms with Gasteiger partial charge in [0.15, 0.2) is 0 Å². The lowest BCUT2D eigenvalue weighted by atomic mass is 9.80. The number of carbonyl (C=O) groups is 1. The molecule has 1 fully saturated rings. The number of hydrogen-bond donors (Lipinski definition) is 1. The molecule has 1 amide bonds. The van der Waals surface area contributed by atoms with Crippen molar-refractivity contribution >= 4 is 5.91 Å². The third kappa shape index (κ3) is 3.16. The van der Waals surface area contributed by atoms with E-state index >= 15 is 0 Å². The highest BCUT2D eigenvalue weighted by atomic mass is 19.3. The maximum absolute atomic E-state index is 12.6. The number of nitrogens with one attached hydrogen (secondary N) is 1. The average molecular weight is 233 g/mol. The van der Waals surface area contributed by atoms with Crippen molar-refractivity contribution in [1.29, 1.82) is 0 Å². The smallest absolute Gasteiger partial charge is 0.249 e. The average Bonchev–Trinajstić information content (AvgIpc) is 2.08. The van der Waals surface area contributed by atoms with Gasteiger partial charge in [-0.15, -0.1) is 0 Å². The predicted molar refractivity (Wildman–Crippen MR) is 59.3 cm³/mol. The van der Waals surface area contributed by atoms with Crippen molar-refractivity contribution < 1.29 is 13.6 Å². The molecule has 0 aromatic heterocycles. The largest absolute Gasteiger partial charge is 0.353 e. The summed E-state index contributed by atoms with van der Waals surface area (Å²) in [7, 11) is 0. The summed E-state index contributed by atoms with van der Waals surface area (Å²) in [5, 5.41) is 2.88. The molecule has 4 heteroatoms. The zero-order valence-corrected chi connectivity index (χ0v) is 10.4. The minimum absolute atomic E-state index is 0.0710. The molecule has 1 N–H and O–H groups in total. The highest BCUT2D eigenvalue weighted by Crippen LogP contribution is 2.42. The Balaban J connectivity index is 2.45. The van der Waals surface area contributed by atoms with Gasteiger partial charge in [0.1, 0.15) is 0 Å². The maximum Gasteiger partial charge on any atom is 0.249 e. The van der Waals surface area contributed by atoms with Crippen LogP contribution in [0, 0.1) is 17.8 Å². The highest BCUT2D eigenvalue weighted by Gasteiger charge is 2.49. The van der Waals surface area contributed by atoms with Crippen molar-refractivity contribution in [3.8, 4) is 0 Å². The SMILES string of the molecule is CC(C)C(NC(=O)C1CC(F)(F)C1)C(C)C. The lowest BCUT2D eigenvalue weighted by Gasteiger charge is -2.36. The highest BCUT2D eigenvalue weighted by molar-refractivity contribution is 5.80. The Morgan fingerprint density at radius 2 is 1.62 bits per heavy atom. The van der Waals surface area contributed by atoms with Crippen LogP contribution in [0.1, 0.15) is 40.5 Å². The van der Waals surface area contributed by atoms with Gasteiger partial charge >= 0.3 is 0 Å². The van der Waals surface area contributed by atoms with Crippen LogP contribution in [0.25, 0.3) is 0 Å². The van der Waals surface area contributed by atoms with Crippen molar-refractivity contribution in [2.45, 2.75) is 52.5 Å². The van der Waals surface area contributed by atoms with Crippen LogP contribution >= 0.6 is 0 Å². The quantitative estimate of drug-likeness (QED) is 0.794. The second-order valence-corrected chi connectivity index (χ2v) is 5.48. The van der Waals surface area contributed by atoms with Gasteiger partial charge in [-0.25, -0.2) is 8.78 Å². The molecule has 0 aromatic rings. The van der Waals surface area contributed by atoms with E-state index < -0.39 is 11.8 Å². The second kappa shape index (κ2) is 4.68. The molecule has 0 heterocycles. The lowest BCUT2D eigenvalue weighted by Crippen LogP contribution is -2.50. The fraction of sp³-hybridized carbons (Fsp3) is 0.917. The Kier molecular flexibility index (Phi) is 3.92. The fourth-order valence-corrected chi connectivity index (χ4v) is 2.23. The van der Waals surface area contributed by atoms with E-state index in [-0.39, 0.29) is 24.8 Å². The van der Waals surface area contributed by atoms with E-state index in [0.717, 1.165) is 0 Å². The molecule has 0 atom stereocenters. The zero-order chi connectivity index (χ0) is 12.5. The summed E-state index contributed by atoms with van der Waals surface area (Å²) in [5.74, 6) is -2.67. The van der Waals surface area contributed by atoms with Gasteiger partial charge in [-0.3, -0.25) is 4.79 Å². The molecule has 0 aliphatic heterocycles. The van der Waals surface area contributed by atoms with E-state index in [9.17, 15) is 13.6 Å². The van der Waals surface area contributed by atoms with Crippen molar-refractivity contribution in [1.82, 2.24) is 5.32 Å². The third-order valence-corrected chi connectivity index (χ3v) is 3.21. The van der Waals surface area contributed by atoms with E-state index in [2.05, 4.69) is 5.32 Å². The third-order valence-electron chi connectivity index (χ3n) is 3.21. The lowest BCUT2D eigenvalue weighted by molar-refractivity contribution is -0.151. The minimum atomic E-state index is -2.62. The number of halogens is 2. The van der Waals surface area contributed by atoms with E-state index in [1.807, 2.05) is 27.7 Å². The van der Waals surface area contributed by atoms with E-state index in [1.54, 1.807) is 0 Å². The van der Waals surface area contributed by atoms with E-state index in [1.165, 1.54) is 0 Å². The molecule has 2 nitrogen and oxygen atoms in total. The van der Waals surface area contributed by atoms with Crippen LogP contribution in [0.4, 0.5) is 8.78 Å². The summed E-state index contributed by atoms with van der Waals surface area (Å²) in [4.78, 5) is 11.7. The number of carbonyl (C=O) groups excluding carboxylic acids is 1. The van der Waals surface area contributed by atoms with Crippen LogP contribution in [0.5, 0.6) is 0 Å². The summed E-state index contributed by atoms with van der Waals surface area (Å²) in [6, 6.07) is 0.0710. The van der Waals surface area contributed by atoms with E-state index in [0.29, 0.717) is 11.8 Å². The van der Waals surface area contributed by atoms with Crippen molar-refractivity contribution in [3.63, 3.8) is 0 Å². The Bertz CT molecular complexity index is 248. The first-order valence-electron chi connectivity index (χ1n) is 5.91. The van der Waals surface area contributed by atoms with Crippen molar-refractivity contribution in [3.05, 3.63) is 0 Å². The van der Waals surface area contributed by atoms with E-state index in [4.69, 9.17) is 0 Å². The first-order valence-corrected chi connectivity index (χ1v) is 5.91. The molecule has 0 bridgehead atoms. The first-order chi connectivity index (χ1) is 7.23. The number of rotatable bonds is 4. The predicted octanol–water partition coefficient (Wildman–Crippen LogP) is 2.83. The normalized spacial score (nSPS) is 20.3. The van der Waals surface area contributed by atoms with Gasteiger partial charge in [0.25, 0.3) is 0 Å². The molecule has 0 spiro atoms. The van der Waals surface area contributed by atoms with Gasteiger partial charge in [0.2, 0.25) is 11.8 Å².